The Hall–Kier alpha value is -2.37. The molecule has 3 heterocycles. The minimum Gasteiger partial charge on any atom is -0.479 e. The molecule has 1 fully saturated rings. The lowest BCUT2D eigenvalue weighted by molar-refractivity contribution is -0.148. The van der Waals surface area contributed by atoms with Gasteiger partial charge in [-0.3, -0.25) is 4.79 Å². The van der Waals surface area contributed by atoms with Gasteiger partial charge in [-0.15, -0.1) is 0 Å². The van der Waals surface area contributed by atoms with E-state index in [1.165, 1.54) is 4.90 Å². The zero-order chi connectivity index (χ0) is 16.6. The Morgan fingerprint density at radius 2 is 2.13 bits per heavy atom. The molecular weight excluding hydrogens is 294 g/mol. The molecule has 6 nitrogen and oxygen atoms in total. The summed E-state index contributed by atoms with van der Waals surface area (Å²) >= 11 is 0. The van der Waals surface area contributed by atoms with Gasteiger partial charge in [0, 0.05) is 18.9 Å². The molecule has 1 aliphatic rings. The van der Waals surface area contributed by atoms with E-state index in [-0.39, 0.29) is 5.91 Å². The van der Waals surface area contributed by atoms with Gasteiger partial charge in [-0.1, -0.05) is 19.4 Å². The second-order valence-electron chi connectivity index (χ2n) is 6.25. The smallest absolute Gasteiger partial charge is 0.329 e. The molecule has 1 aliphatic heterocycles. The molecule has 1 N–H and O–H groups in total. The van der Waals surface area contributed by atoms with Crippen LogP contribution in [0.5, 0.6) is 0 Å². The normalized spacial score (nSPS) is 21.0. The van der Waals surface area contributed by atoms with E-state index in [1.54, 1.807) is 10.6 Å². The number of carboxylic acids is 1. The van der Waals surface area contributed by atoms with Crippen molar-refractivity contribution in [2.24, 2.45) is 0 Å². The molecule has 122 valence electrons. The molecule has 0 bridgehead atoms. The lowest BCUT2D eigenvalue weighted by Gasteiger charge is -2.34. The summed E-state index contributed by atoms with van der Waals surface area (Å²) in [4.78, 5) is 30.6. The Balaban J connectivity index is 1.98. The molecule has 2 aromatic heterocycles. The van der Waals surface area contributed by atoms with Crippen LogP contribution < -0.4 is 0 Å². The van der Waals surface area contributed by atoms with Crippen LogP contribution in [0, 0.1) is 6.92 Å². The van der Waals surface area contributed by atoms with Gasteiger partial charge in [0.05, 0.1) is 0 Å². The van der Waals surface area contributed by atoms with Crippen LogP contribution in [0.3, 0.4) is 0 Å². The van der Waals surface area contributed by atoms with Crippen molar-refractivity contribution in [1.29, 1.82) is 0 Å². The van der Waals surface area contributed by atoms with E-state index in [4.69, 9.17) is 0 Å². The van der Waals surface area contributed by atoms with Crippen molar-refractivity contribution in [3.63, 3.8) is 0 Å². The number of nitrogens with zero attached hydrogens (tertiary/aromatic N) is 3. The highest BCUT2D eigenvalue weighted by Crippen LogP contribution is 2.35. The number of likely N-dealkylation sites (tertiary alicyclic amines) is 1. The number of imidazole rings is 1. The molecule has 23 heavy (non-hydrogen) atoms. The van der Waals surface area contributed by atoms with Crippen LogP contribution >= 0.6 is 0 Å². The van der Waals surface area contributed by atoms with Crippen LogP contribution in [0.1, 0.15) is 48.7 Å². The SMILES string of the molecule is CCCC1(C(=O)O)CCCN1C(=O)c1cn2cc(C)ccc2n1. The monoisotopic (exact) mass is 315 g/mol. The van der Waals surface area contributed by atoms with Gasteiger partial charge in [-0.25, -0.2) is 9.78 Å². The maximum Gasteiger partial charge on any atom is 0.329 e. The predicted octanol–water partition coefficient (Wildman–Crippen LogP) is 2.50. The van der Waals surface area contributed by atoms with Gasteiger partial charge < -0.3 is 14.4 Å². The molecule has 0 aromatic carbocycles. The number of aromatic nitrogens is 2. The van der Waals surface area contributed by atoms with Crippen molar-refractivity contribution in [3.05, 3.63) is 35.8 Å². The van der Waals surface area contributed by atoms with Gasteiger partial charge in [0.25, 0.3) is 5.91 Å². The van der Waals surface area contributed by atoms with Gasteiger partial charge in [-0.05, 0) is 37.8 Å². The van der Waals surface area contributed by atoms with Gasteiger partial charge in [0.15, 0.2) is 0 Å². The number of carbonyl (C=O) groups excluding carboxylic acids is 1. The van der Waals surface area contributed by atoms with Crippen LogP contribution in [0.15, 0.2) is 24.5 Å². The lowest BCUT2D eigenvalue weighted by atomic mass is 9.90. The summed E-state index contributed by atoms with van der Waals surface area (Å²) < 4.78 is 1.81. The Labute approximate surface area is 134 Å². The van der Waals surface area contributed by atoms with Crippen molar-refractivity contribution in [1.82, 2.24) is 14.3 Å². The molecule has 6 heteroatoms. The quantitative estimate of drug-likeness (QED) is 0.940. The van der Waals surface area contributed by atoms with Crippen molar-refractivity contribution >= 4 is 17.5 Å². The number of carboxylic acid groups (broad SMARTS) is 1. The Bertz CT molecular complexity index is 768. The first-order chi connectivity index (χ1) is 11.0. The van der Waals surface area contributed by atoms with E-state index >= 15 is 0 Å². The first-order valence-electron chi connectivity index (χ1n) is 7.98. The maximum absolute atomic E-state index is 12.9. The second-order valence-corrected chi connectivity index (χ2v) is 6.25. The average molecular weight is 315 g/mol. The fourth-order valence-electron chi connectivity index (χ4n) is 3.52. The summed E-state index contributed by atoms with van der Waals surface area (Å²) in [7, 11) is 0. The number of amides is 1. The number of pyridine rings is 1. The van der Waals surface area contributed by atoms with E-state index in [0.29, 0.717) is 37.1 Å². The highest BCUT2D eigenvalue weighted by molar-refractivity contribution is 5.97. The minimum atomic E-state index is -1.09. The third-order valence-corrected chi connectivity index (χ3v) is 4.61. The first kappa shape index (κ1) is 15.5. The van der Waals surface area contributed by atoms with Crippen molar-refractivity contribution in [2.75, 3.05) is 6.54 Å². The summed E-state index contributed by atoms with van der Waals surface area (Å²) in [6, 6.07) is 3.79. The Morgan fingerprint density at radius 1 is 1.35 bits per heavy atom. The number of hydrogen-bond donors (Lipinski definition) is 1. The zero-order valence-corrected chi connectivity index (χ0v) is 13.5. The maximum atomic E-state index is 12.9. The largest absolute Gasteiger partial charge is 0.479 e. The Kier molecular flexibility index (Phi) is 3.83. The van der Waals surface area contributed by atoms with Crippen LogP contribution in [0.4, 0.5) is 0 Å². The average Bonchev–Trinajstić information content (AvgIpc) is 3.11. The molecule has 1 atom stereocenters. The number of aliphatic carboxylic acids is 1. The topological polar surface area (TPSA) is 74.9 Å². The molecular formula is C17H21N3O3. The number of hydrogen-bond acceptors (Lipinski definition) is 3. The number of fused-ring (bicyclic) bond motifs is 1. The number of rotatable bonds is 4. The molecule has 1 saturated heterocycles. The van der Waals surface area contributed by atoms with E-state index in [9.17, 15) is 14.7 Å². The summed E-state index contributed by atoms with van der Waals surface area (Å²) in [6.07, 6.45) is 6.00. The lowest BCUT2D eigenvalue weighted by Crippen LogP contribution is -2.53. The van der Waals surface area contributed by atoms with Crippen molar-refractivity contribution < 1.29 is 14.7 Å². The van der Waals surface area contributed by atoms with Crippen molar-refractivity contribution in [2.45, 2.75) is 45.1 Å². The minimum absolute atomic E-state index is 0.292. The molecule has 2 aromatic rings. The van der Waals surface area contributed by atoms with Gasteiger partial charge in [0.1, 0.15) is 16.9 Å². The summed E-state index contributed by atoms with van der Waals surface area (Å²) in [5.74, 6) is -1.20. The molecule has 0 radical (unpaired) electrons. The number of carbonyl (C=O) groups is 2. The predicted molar refractivity (Wildman–Crippen MR) is 85.5 cm³/mol. The highest BCUT2D eigenvalue weighted by Gasteiger charge is 2.49. The standard InChI is InChI=1S/C17H21N3O3/c1-3-7-17(16(22)23)8-4-9-20(17)15(21)13-11-19-10-12(2)5-6-14(19)18-13/h5-6,10-11H,3-4,7-9H2,1-2H3,(H,22,23). The molecule has 1 amide bonds. The zero-order valence-electron chi connectivity index (χ0n) is 13.5. The fraction of sp³-hybridized carbons (Fsp3) is 0.471. The molecule has 1 unspecified atom stereocenters. The Morgan fingerprint density at radius 3 is 2.83 bits per heavy atom. The van der Waals surface area contributed by atoms with Gasteiger partial charge in [-0.2, -0.15) is 0 Å². The third-order valence-electron chi connectivity index (χ3n) is 4.61. The molecule has 0 aliphatic carbocycles. The summed E-state index contributed by atoms with van der Waals surface area (Å²) in [5, 5.41) is 9.72. The van der Waals surface area contributed by atoms with Crippen LogP contribution in [0.25, 0.3) is 5.65 Å². The first-order valence-corrected chi connectivity index (χ1v) is 7.98. The fourth-order valence-corrected chi connectivity index (χ4v) is 3.52. The summed E-state index contributed by atoms with van der Waals surface area (Å²) in [5.41, 5.74) is 0.979. The second kappa shape index (κ2) is 5.68. The van der Waals surface area contributed by atoms with E-state index in [0.717, 1.165) is 12.0 Å². The van der Waals surface area contributed by atoms with Crippen molar-refractivity contribution in [3.8, 4) is 0 Å². The highest BCUT2D eigenvalue weighted by atomic mass is 16.4. The van der Waals surface area contributed by atoms with Crippen LogP contribution in [-0.2, 0) is 4.79 Å². The molecule has 0 saturated carbocycles. The third kappa shape index (κ3) is 2.48. The van der Waals surface area contributed by atoms with E-state index in [2.05, 4.69) is 4.98 Å². The van der Waals surface area contributed by atoms with Crippen LogP contribution in [0.2, 0.25) is 0 Å². The number of aryl methyl sites for hydroxylation is 1. The van der Waals surface area contributed by atoms with Gasteiger partial charge >= 0.3 is 5.97 Å². The summed E-state index contributed by atoms with van der Waals surface area (Å²) in [6.45, 7) is 4.38. The molecule has 3 rings (SSSR count). The van der Waals surface area contributed by atoms with E-state index in [1.807, 2.05) is 32.2 Å². The van der Waals surface area contributed by atoms with E-state index < -0.39 is 11.5 Å². The van der Waals surface area contributed by atoms with Gasteiger partial charge in [0.2, 0.25) is 0 Å². The molecule has 0 spiro atoms. The van der Waals surface area contributed by atoms with Crippen LogP contribution in [-0.4, -0.2) is 43.4 Å².